The lowest BCUT2D eigenvalue weighted by Gasteiger charge is -2.11. The van der Waals surface area contributed by atoms with E-state index in [1.165, 1.54) is 12.1 Å². The Bertz CT molecular complexity index is 613. The van der Waals surface area contributed by atoms with Crippen molar-refractivity contribution in [2.75, 3.05) is 0 Å². The first kappa shape index (κ1) is 14.7. The maximum absolute atomic E-state index is 10.9. The molecular formula is C15H12Cl2O3. The number of carboxylic acids is 1. The van der Waals surface area contributed by atoms with Crippen molar-refractivity contribution in [3.63, 3.8) is 0 Å². The summed E-state index contributed by atoms with van der Waals surface area (Å²) in [7, 11) is 0. The van der Waals surface area contributed by atoms with Gasteiger partial charge in [-0.15, -0.1) is 0 Å². The van der Waals surface area contributed by atoms with Crippen LogP contribution in [0.2, 0.25) is 10.0 Å². The highest BCUT2D eigenvalue weighted by Gasteiger charge is 2.13. The summed E-state index contributed by atoms with van der Waals surface area (Å²) in [5.41, 5.74) is 2.17. The van der Waals surface area contributed by atoms with Crippen molar-refractivity contribution in [2.24, 2.45) is 0 Å². The van der Waals surface area contributed by atoms with Crippen molar-refractivity contribution >= 4 is 29.2 Å². The van der Waals surface area contributed by atoms with Crippen molar-refractivity contribution < 1.29 is 14.6 Å². The van der Waals surface area contributed by atoms with Gasteiger partial charge in [0.1, 0.15) is 6.61 Å². The lowest BCUT2D eigenvalue weighted by molar-refractivity contribution is 0.0697. The Labute approximate surface area is 126 Å². The molecule has 0 fully saturated rings. The lowest BCUT2D eigenvalue weighted by Crippen LogP contribution is -2.00. The zero-order valence-electron chi connectivity index (χ0n) is 10.7. The molecule has 0 radical (unpaired) electrons. The van der Waals surface area contributed by atoms with Gasteiger partial charge in [-0.25, -0.2) is 4.79 Å². The van der Waals surface area contributed by atoms with Crippen LogP contribution in [0.4, 0.5) is 0 Å². The van der Waals surface area contributed by atoms with Gasteiger partial charge < -0.3 is 9.84 Å². The zero-order chi connectivity index (χ0) is 14.7. The number of ether oxygens (including phenoxy) is 1. The van der Waals surface area contributed by atoms with E-state index in [-0.39, 0.29) is 15.6 Å². The van der Waals surface area contributed by atoms with Gasteiger partial charge in [-0.3, -0.25) is 0 Å². The molecule has 0 atom stereocenters. The zero-order valence-corrected chi connectivity index (χ0v) is 12.2. The van der Waals surface area contributed by atoms with E-state index in [4.69, 9.17) is 33.0 Å². The molecule has 0 spiro atoms. The minimum atomic E-state index is -1.08. The van der Waals surface area contributed by atoms with Crippen LogP contribution in [0, 0.1) is 6.92 Å². The molecule has 2 rings (SSSR count). The molecule has 0 amide bonds. The van der Waals surface area contributed by atoms with Crippen molar-refractivity contribution in [3.05, 3.63) is 63.1 Å². The molecule has 0 bridgehead atoms. The van der Waals surface area contributed by atoms with Crippen LogP contribution >= 0.6 is 23.2 Å². The Morgan fingerprint density at radius 2 is 1.70 bits per heavy atom. The van der Waals surface area contributed by atoms with Gasteiger partial charge in [0.05, 0.1) is 15.6 Å². The topological polar surface area (TPSA) is 46.5 Å². The van der Waals surface area contributed by atoms with E-state index in [0.717, 1.165) is 11.1 Å². The standard InChI is InChI=1S/C15H12Cl2O3/c1-9-2-4-10(5-3-9)8-20-14-12(16)6-11(15(18)19)7-13(14)17/h2-7H,8H2,1H3,(H,18,19). The van der Waals surface area contributed by atoms with E-state index in [1.54, 1.807) is 0 Å². The summed E-state index contributed by atoms with van der Waals surface area (Å²) in [6.07, 6.45) is 0. The molecule has 0 heterocycles. The summed E-state index contributed by atoms with van der Waals surface area (Å²) in [4.78, 5) is 10.9. The minimum Gasteiger partial charge on any atom is -0.486 e. The van der Waals surface area contributed by atoms with Crippen LogP contribution in [0.1, 0.15) is 21.5 Å². The Morgan fingerprint density at radius 1 is 1.15 bits per heavy atom. The number of benzene rings is 2. The van der Waals surface area contributed by atoms with Crippen LogP contribution in [0.5, 0.6) is 5.75 Å². The first-order chi connectivity index (χ1) is 9.47. The van der Waals surface area contributed by atoms with Gasteiger partial charge in [-0.1, -0.05) is 53.0 Å². The molecule has 0 aliphatic rings. The molecule has 2 aromatic carbocycles. The third-order valence-electron chi connectivity index (χ3n) is 2.75. The Kier molecular flexibility index (Phi) is 4.53. The summed E-state index contributed by atoms with van der Waals surface area (Å²) in [5, 5.41) is 9.27. The molecular weight excluding hydrogens is 299 g/mol. The summed E-state index contributed by atoms with van der Waals surface area (Å²) in [5.74, 6) is -0.794. The largest absolute Gasteiger partial charge is 0.486 e. The van der Waals surface area contributed by atoms with Crippen LogP contribution < -0.4 is 4.74 Å². The van der Waals surface area contributed by atoms with Crippen LogP contribution in [0.3, 0.4) is 0 Å². The number of hydrogen-bond donors (Lipinski definition) is 1. The summed E-state index contributed by atoms with van der Waals surface area (Å²) >= 11 is 12.0. The van der Waals surface area contributed by atoms with Crippen LogP contribution in [-0.4, -0.2) is 11.1 Å². The van der Waals surface area contributed by atoms with Crippen molar-refractivity contribution in [1.29, 1.82) is 0 Å². The fourth-order valence-electron chi connectivity index (χ4n) is 1.66. The molecule has 104 valence electrons. The molecule has 3 nitrogen and oxygen atoms in total. The van der Waals surface area contributed by atoms with Crippen molar-refractivity contribution in [2.45, 2.75) is 13.5 Å². The highest BCUT2D eigenvalue weighted by molar-refractivity contribution is 6.37. The highest BCUT2D eigenvalue weighted by atomic mass is 35.5. The number of halogens is 2. The van der Waals surface area contributed by atoms with E-state index in [2.05, 4.69) is 0 Å². The first-order valence-electron chi connectivity index (χ1n) is 5.88. The molecule has 0 saturated heterocycles. The highest BCUT2D eigenvalue weighted by Crippen LogP contribution is 2.34. The van der Waals surface area contributed by atoms with Crippen LogP contribution in [0.15, 0.2) is 36.4 Å². The molecule has 0 aliphatic heterocycles. The third-order valence-corrected chi connectivity index (χ3v) is 3.31. The predicted octanol–water partition coefficient (Wildman–Crippen LogP) is 4.58. The van der Waals surface area contributed by atoms with Crippen LogP contribution in [0.25, 0.3) is 0 Å². The second kappa shape index (κ2) is 6.16. The van der Waals surface area contributed by atoms with Crippen LogP contribution in [-0.2, 0) is 6.61 Å². The summed E-state index contributed by atoms with van der Waals surface area (Å²) < 4.78 is 5.57. The molecule has 0 aliphatic carbocycles. The minimum absolute atomic E-state index is 0.0303. The first-order valence-corrected chi connectivity index (χ1v) is 6.63. The maximum Gasteiger partial charge on any atom is 0.335 e. The fourth-order valence-corrected chi connectivity index (χ4v) is 2.26. The van der Waals surface area contributed by atoms with Crippen molar-refractivity contribution in [3.8, 4) is 5.75 Å². The van der Waals surface area contributed by atoms with E-state index in [1.807, 2.05) is 31.2 Å². The second-order valence-corrected chi connectivity index (χ2v) is 5.16. The number of carboxylic acid groups (broad SMARTS) is 1. The van der Waals surface area contributed by atoms with Gasteiger partial charge in [-0.2, -0.15) is 0 Å². The molecule has 1 N–H and O–H groups in total. The number of rotatable bonds is 4. The molecule has 0 saturated carbocycles. The van der Waals surface area contributed by atoms with Gasteiger partial charge in [0.2, 0.25) is 0 Å². The van der Waals surface area contributed by atoms with Crippen molar-refractivity contribution in [1.82, 2.24) is 0 Å². The molecule has 0 aromatic heterocycles. The number of aryl methyl sites for hydroxylation is 1. The van der Waals surface area contributed by atoms with E-state index in [0.29, 0.717) is 12.4 Å². The normalized spacial score (nSPS) is 10.3. The van der Waals surface area contributed by atoms with Gasteiger partial charge in [-0.05, 0) is 24.6 Å². The van der Waals surface area contributed by atoms with Gasteiger partial charge in [0.15, 0.2) is 5.75 Å². The number of carbonyl (C=O) groups is 1. The average Bonchev–Trinajstić information content (AvgIpc) is 2.39. The molecule has 20 heavy (non-hydrogen) atoms. The van der Waals surface area contributed by atoms with Gasteiger partial charge in [0.25, 0.3) is 0 Å². The quantitative estimate of drug-likeness (QED) is 0.899. The van der Waals surface area contributed by atoms with E-state index < -0.39 is 5.97 Å². The van der Waals surface area contributed by atoms with E-state index in [9.17, 15) is 4.79 Å². The Hall–Kier alpha value is -1.71. The Morgan fingerprint density at radius 3 is 2.20 bits per heavy atom. The SMILES string of the molecule is Cc1ccc(COc2c(Cl)cc(C(=O)O)cc2Cl)cc1. The molecule has 0 unspecified atom stereocenters. The fraction of sp³-hybridized carbons (Fsp3) is 0.133. The predicted molar refractivity (Wildman–Crippen MR) is 78.9 cm³/mol. The Balaban J connectivity index is 2.17. The second-order valence-electron chi connectivity index (χ2n) is 4.35. The monoisotopic (exact) mass is 310 g/mol. The summed E-state index contributed by atoms with van der Waals surface area (Å²) in [6.45, 7) is 2.31. The summed E-state index contributed by atoms with van der Waals surface area (Å²) in [6, 6.07) is 10.5. The van der Waals surface area contributed by atoms with E-state index >= 15 is 0 Å². The number of hydrogen-bond acceptors (Lipinski definition) is 2. The third kappa shape index (κ3) is 3.44. The molecule has 5 heteroatoms. The number of aromatic carboxylic acids is 1. The lowest BCUT2D eigenvalue weighted by atomic mass is 10.2. The molecule has 2 aromatic rings. The average molecular weight is 311 g/mol. The maximum atomic E-state index is 10.9. The van der Waals surface area contributed by atoms with Gasteiger partial charge >= 0.3 is 5.97 Å². The van der Waals surface area contributed by atoms with Gasteiger partial charge in [0, 0.05) is 0 Å². The smallest absolute Gasteiger partial charge is 0.335 e.